The molecule has 3 heterocycles. The second kappa shape index (κ2) is 10.5. The standard InChI is InChI=1S/C29H27FN3O5P/c1-35-39(34,36-2)23-9-7-22(8-10-23)38-29-25-16-26-20(17-31-33-26)15-24(25)27(18-3-5-21(30)6-4-18)28(32-29)19-11-13-37-14-12-19/h3-10,15-17,19H,11-14H2,1-2H3,(H,31,33). The molecule has 0 bridgehead atoms. The molecule has 0 aliphatic carbocycles. The van der Waals surface area contributed by atoms with Gasteiger partial charge in [0.25, 0.3) is 0 Å². The van der Waals surface area contributed by atoms with Gasteiger partial charge in [0.2, 0.25) is 5.88 Å². The molecule has 0 amide bonds. The van der Waals surface area contributed by atoms with Gasteiger partial charge in [-0.05, 0) is 72.3 Å². The van der Waals surface area contributed by atoms with E-state index in [0.29, 0.717) is 30.1 Å². The van der Waals surface area contributed by atoms with Crippen LogP contribution in [0.4, 0.5) is 4.39 Å². The maximum Gasteiger partial charge on any atom is 0.360 e. The van der Waals surface area contributed by atoms with E-state index in [-0.39, 0.29) is 11.7 Å². The molecule has 6 rings (SSSR count). The van der Waals surface area contributed by atoms with Gasteiger partial charge >= 0.3 is 7.60 Å². The second-order valence-electron chi connectivity index (χ2n) is 9.38. The van der Waals surface area contributed by atoms with Crippen LogP contribution in [0.3, 0.4) is 0 Å². The first kappa shape index (κ1) is 25.6. The number of aromatic amines is 1. The van der Waals surface area contributed by atoms with Crippen molar-refractivity contribution < 1.29 is 27.5 Å². The summed E-state index contributed by atoms with van der Waals surface area (Å²) in [6.07, 6.45) is 3.41. The van der Waals surface area contributed by atoms with Crippen molar-refractivity contribution in [1.29, 1.82) is 0 Å². The average Bonchev–Trinajstić information content (AvgIpc) is 3.45. The van der Waals surface area contributed by atoms with Crippen LogP contribution in [-0.2, 0) is 18.3 Å². The number of hydrogen-bond donors (Lipinski definition) is 1. The predicted molar refractivity (Wildman–Crippen MR) is 147 cm³/mol. The molecule has 8 nitrogen and oxygen atoms in total. The van der Waals surface area contributed by atoms with Gasteiger partial charge in [0, 0.05) is 49.7 Å². The summed E-state index contributed by atoms with van der Waals surface area (Å²) in [7, 11) is -0.689. The number of pyridine rings is 1. The molecule has 1 fully saturated rings. The molecule has 1 N–H and O–H groups in total. The van der Waals surface area contributed by atoms with Crippen LogP contribution in [0, 0.1) is 5.82 Å². The molecule has 0 saturated carbocycles. The number of H-pyrrole nitrogens is 1. The topological polar surface area (TPSA) is 95.6 Å². The molecule has 1 saturated heterocycles. The van der Waals surface area contributed by atoms with Gasteiger partial charge in [-0.25, -0.2) is 9.37 Å². The van der Waals surface area contributed by atoms with Crippen LogP contribution in [0.1, 0.15) is 24.5 Å². The Morgan fingerprint density at radius 1 is 0.974 bits per heavy atom. The molecule has 3 aromatic carbocycles. The summed E-state index contributed by atoms with van der Waals surface area (Å²) in [6, 6.07) is 17.3. The van der Waals surface area contributed by atoms with Crippen LogP contribution in [0.25, 0.3) is 32.8 Å². The van der Waals surface area contributed by atoms with E-state index in [1.54, 1.807) is 42.6 Å². The Hall–Kier alpha value is -3.62. The predicted octanol–water partition coefficient (Wildman–Crippen LogP) is 6.71. The van der Waals surface area contributed by atoms with E-state index in [1.807, 2.05) is 6.07 Å². The number of aromatic nitrogens is 3. The highest BCUT2D eigenvalue weighted by atomic mass is 31.2. The van der Waals surface area contributed by atoms with Gasteiger partial charge in [-0.2, -0.15) is 5.10 Å². The molecular weight excluding hydrogens is 520 g/mol. The Bertz CT molecular complexity index is 1670. The van der Waals surface area contributed by atoms with Crippen molar-refractivity contribution in [3.8, 4) is 22.8 Å². The van der Waals surface area contributed by atoms with Gasteiger partial charge in [-0.3, -0.25) is 9.66 Å². The maximum absolute atomic E-state index is 13.9. The molecule has 5 aromatic rings. The first-order valence-corrected chi connectivity index (χ1v) is 14.2. The lowest BCUT2D eigenvalue weighted by molar-refractivity contribution is 0.0845. The van der Waals surface area contributed by atoms with Gasteiger partial charge in [-0.15, -0.1) is 0 Å². The Labute approximate surface area is 224 Å². The Morgan fingerprint density at radius 2 is 1.69 bits per heavy atom. The van der Waals surface area contributed by atoms with Gasteiger partial charge in [0.1, 0.15) is 11.6 Å². The van der Waals surface area contributed by atoms with Crippen LogP contribution >= 0.6 is 7.60 Å². The molecule has 0 radical (unpaired) electrons. The van der Waals surface area contributed by atoms with E-state index in [2.05, 4.69) is 16.3 Å². The fraction of sp³-hybridized carbons (Fsp3) is 0.241. The highest BCUT2D eigenvalue weighted by molar-refractivity contribution is 7.62. The van der Waals surface area contributed by atoms with Crippen LogP contribution < -0.4 is 10.0 Å². The van der Waals surface area contributed by atoms with E-state index < -0.39 is 7.60 Å². The lowest BCUT2D eigenvalue weighted by Crippen LogP contribution is -2.16. The maximum atomic E-state index is 13.9. The number of halogens is 1. The number of hydrogen-bond acceptors (Lipinski definition) is 7. The number of rotatable bonds is 7. The quantitative estimate of drug-likeness (QED) is 0.226. The van der Waals surface area contributed by atoms with Crippen molar-refractivity contribution in [2.75, 3.05) is 27.4 Å². The summed E-state index contributed by atoms with van der Waals surface area (Å²) in [5.41, 5.74) is 3.55. The fourth-order valence-corrected chi connectivity index (χ4v) is 6.18. The number of ether oxygens (including phenoxy) is 2. The third kappa shape index (κ3) is 4.83. The third-order valence-electron chi connectivity index (χ3n) is 7.15. The molecule has 10 heteroatoms. The van der Waals surface area contributed by atoms with Crippen LogP contribution in [0.15, 0.2) is 66.9 Å². The summed E-state index contributed by atoms with van der Waals surface area (Å²) in [6.45, 7) is 1.29. The number of benzene rings is 3. The Balaban J connectivity index is 1.54. The van der Waals surface area contributed by atoms with E-state index in [4.69, 9.17) is 23.5 Å². The first-order chi connectivity index (χ1) is 19.0. The highest BCUT2D eigenvalue weighted by Crippen LogP contribution is 2.46. The normalized spacial score (nSPS) is 14.7. The van der Waals surface area contributed by atoms with E-state index in [1.165, 1.54) is 26.4 Å². The molecule has 1 aliphatic heterocycles. The lowest BCUT2D eigenvalue weighted by Gasteiger charge is -2.26. The van der Waals surface area contributed by atoms with Crippen molar-refractivity contribution in [2.45, 2.75) is 18.8 Å². The summed E-state index contributed by atoms with van der Waals surface area (Å²) in [4.78, 5) is 5.10. The molecular formula is C29H27FN3O5P. The van der Waals surface area contributed by atoms with Crippen LogP contribution in [-0.4, -0.2) is 42.6 Å². The van der Waals surface area contributed by atoms with E-state index in [0.717, 1.165) is 51.3 Å². The van der Waals surface area contributed by atoms with Gasteiger partial charge < -0.3 is 18.5 Å². The van der Waals surface area contributed by atoms with Crippen molar-refractivity contribution in [3.05, 3.63) is 78.4 Å². The van der Waals surface area contributed by atoms with E-state index in [9.17, 15) is 8.96 Å². The lowest BCUT2D eigenvalue weighted by atomic mass is 9.87. The fourth-order valence-electron chi connectivity index (χ4n) is 5.10. The molecule has 1 aliphatic rings. The number of nitrogens with zero attached hydrogens (tertiary/aromatic N) is 2. The minimum absolute atomic E-state index is 0.141. The molecule has 0 atom stereocenters. The van der Waals surface area contributed by atoms with Crippen molar-refractivity contribution in [3.63, 3.8) is 0 Å². The minimum atomic E-state index is -3.39. The summed E-state index contributed by atoms with van der Waals surface area (Å²) < 4.78 is 48.9. The number of fused-ring (bicyclic) bond motifs is 2. The highest BCUT2D eigenvalue weighted by Gasteiger charge is 2.27. The Kier molecular flexibility index (Phi) is 6.91. The van der Waals surface area contributed by atoms with E-state index >= 15 is 0 Å². The summed E-state index contributed by atoms with van der Waals surface area (Å²) >= 11 is 0. The van der Waals surface area contributed by atoms with Crippen molar-refractivity contribution in [2.24, 2.45) is 0 Å². The molecule has 0 spiro atoms. The second-order valence-corrected chi connectivity index (χ2v) is 11.6. The van der Waals surface area contributed by atoms with Crippen LogP contribution in [0.2, 0.25) is 0 Å². The van der Waals surface area contributed by atoms with Gasteiger partial charge in [0.05, 0.1) is 22.7 Å². The zero-order valence-corrected chi connectivity index (χ0v) is 22.4. The molecule has 39 heavy (non-hydrogen) atoms. The molecule has 2 aromatic heterocycles. The summed E-state index contributed by atoms with van der Waals surface area (Å²) in [5.74, 6) is 0.796. The van der Waals surface area contributed by atoms with Crippen molar-refractivity contribution >= 4 is 34.6 Å². The third-order valence-corrected chi connectivity index (χ3v) is 9.04. The SMILES string of the molecule is COP(=O)(OC)c1ccc(Oc2nc(C3CCOCC3)c(-c3ccc(F)cc3)c3cc4cn[nH]c4cc23)cc1. The first-order valence-electron chi connectivity index (χ1n) is 12.6. The molecule has 0 unspecified atom stereocenters. The zero-order chi connectivity index (χ0) is 27.0. The van der Waals surface area contributed by atoms with Gasteiger partial charge in [-0.1, -0.05) is 12.1 Å². The monoisotopic (exact) mass is 547 g/mol. The smallest absolute Gasteiger partial charge is 0.360 e. The minimum Gasteiger partial charge on any atom is -0.438 e. The largest absolute Gasteiger partial charge is 0.438 e. The number of nitrogens with one attached hydrogen (secondary N) is 1. The molecule has 200 valence electrons. The van der Waals surface area contributed by atoms with Crippen molar-refractivity contribution in [1.82, 2.24) is 15.2 Å². The Morgan fingerprint density at radius 3 is 2.38 bits per heavy atom. The summed E-state index contributed by atoms with van der Waals surface area (Å²) in [5, 5.41) is 10.3. The zero-order valence-electron chi connectivity index (χ0n) is 21.5. The van der Waals surface area contributed by atoms with Gasteiger partial charge in [0.15, 0.2) is 0 Å². The average molecular weight is 548 g/mol. The van der Waals surface area contributed by atoms with Crippen LogP contribution in [0.5, 0.6) is 11.6 Å².